The highest BCUT2D eigenvalue weighted by molar-refractivity contribution is 6.06. The molecule has 0 spiro atoms. The molecule has 0 aliphatic heterocycles. The van der Waals surface area contributed by atoms with Crippen LogP contribution in [0.1, 0.15) is 21.7 Å². The number of aromatic nitrogens is 2. The molecule has 3 rings (SSSR count). The zero-order chi connectivity index (χ0) is 17.8. The van der Waals surface area contributed by atoms with Gasteiger partial charge < -0.3 is 9.47 Å². The highest BCUT2D eigenvalue weighted by atomic mass is 16.1. The topological polar surface area (TPSA) is 38.1 Å². The molecular weight excluding hydrogens is 310 g/mol. The van der Waals surface area contributed by atoms with Gasteiger partial charge >= 0.3 is 0 Å². The smallest absolute Gasteiger partial charge is 0.185 e. The minimum atomic E-state index is -0.00871. The molecule has 0 radical (unpaired) electrons. The average molecular weight is 331 g/mol. The summed E-state index contributed by atoms with van der Waals surface area (Å²) in [6.45, 7) is 1.95. The molecule has 4 nitrogen and oxygen atoms in total. The van der Waals surface area contributed by atoms with Gasteiger partial charge in [0.15, 0.2) is 5.78 Å². The standard InChI is InChI=1S/C21H21N3O/c1-16-22-14-15-24(16)20-11-7-18(8-12-20)21(25)13-6-17-4-9-19(10-5-17)23(2)3/h4-15H,1-3H3/b13-6+. The molecule has 0 unspecified atom stereocenters. The molecule has 1 aromatic heterocycles. The van der Waals surface area contributed by atoms with E-state index in [1.54, 1.807) is 12.3 Å². The van der Waals surface area contributed by atoms with Crippen molar-refractivity contribution in [3.63, 3.8) is 0 Å². The van der Waals surface area contributed by atoms with Gasteiger partial charge in [0.25, 0.3) is 0 Å². The monoisotopic (exact) mass is 331 g/mol. The molecule has 0 N–H and O–H groups in total. The largest absolute Gasteiger partial charge is 0.378 e. The number of aryl methyl sites for hydroxylation is 1. The average Bonchev–Trinajstić information content (AvgIpc) is 3.06. The molecule has 1 heterocycles. The third kappa shape index (κ3) is 3.86. The summed E-state index contributed by atoms with van der Waals surface area (Å²) in [6.07, 6.45) is 7.13. The Bertz CT molecular complexity index is 888. The van der Waals surface area contributed by atoms with Crippen molar-refractivity contribution >= 4 is 17.5 Å². The molecule has 0 aliphatic carbocycles. The minimum absolute atomic E-state index is 0.00871. The number of hydrogen-bond acceptors (Lipinski definition) is 3. The molecule has 25 heavy (non-hydrogen) atoms. The van der Waals surface area contributed by atoms with E-state index in [0.29, 0.717) is 5.56 Å². The maximum Gasteiger partial charge on any atom is 0.185 e. The Morgan fingerprint density at radius 2 is 1.72 bits per heavy atom. The molecule has 0 saturated heterocycles. The molecule has 0 atom stereocenters. The van der Waals surface area contributed by atoms with Crippen LogP contribution in [0.25, 0.3) is 11.8 Å². The number of ketones is 1. The van der Waals surface area contributed by atoms with E-state index in [1.807, 2.05) is 91.3 Å². The van der Waals surface area contributed by atoms with Crippen molar-refractivity contribution in [2.75, 3.05) is 19.0 Å². The van der Waals surface area contributed by atoms with Crippen LogP contribution in [-0.4, -0.2) is 29.4 Å². The second kappa shape index (κ2) is 7.18. The first-order valence-electron chi connectivity index (χ1n) is 8.15. The van der Waals surface area contributed by atoms with E-state index in [0.717, 1.165) is 22.8 Å². The normalized spacial score (nSPS) is 11.0. The quantitative estimate of drug-likeness (QED) is 0.521. The van der Waals surface area contributed by atoms with Crippen LogP contribution >= 0.6 is 0 Å². The summed E-state index contributed by atoms with van der Waals surface area (Å²) in [6, 6.07) is 15.6. The second-order valence-electron chi connectivity index (χ2n) is 6.07. The lowest BCUT2D eigenvalue weighted by Gasteiger charge is -2.11. The van der Waals surface area contributed by atoms with E-state index < -0.39 is 0 Å². The van der Waals surface area contributed by atoms with Crippen LogP contribution in [0.3, 0.4) is 0 Å². The number of rotatable bonds is 5. The van der Waals surface area contributed by atoms with Crippen LogP contribution in [0.5, 0.6) is 0 Å². The number of allylic oxidation sites excluding steroid dienone is 1. The first-order chi connectivity index (χ1) is 12.0. The number of anilines is 1. The summed E-state index contributed by atoms with van der Waals surface area (Å²) in [7, 11) is 4.01. The number of imidazole rings is 1. The zero-order valence-electron chi connectivity index (χ0n) is 14.7. The number of carbonyl (C=O) groups is 1. The fraction of sp³-hybridized carbons (Fsp3) is 0.143. The van der Waals surface area contributed by atoms with Gasteiger partial charge in [-0.1, -0.05) is 18.2 Å². The van der Waals surface area contributed by atoms with Crippen molar-refractivity contribution in [3.8, 4) is 5.69 Å². The summed E-state index contributed by atoms with van der Waals surface area (Å²) >= 11 is 0. The van der Waals surface area contributed by atoms with Gasteiger partial charge in [-0.3, -0.25) is 4.79 Å². The molecule has 0 bridgehead atoms. The summed E-state index contributed by atoms with van der Waals surface area (Å²) < 4.78 is 1.98. The van der Waals surface area contributed by atoms with Gasteiger partial charge in [-0.25, -0.2) is 4.98 Å². The summed E-state index contributed by atoms with van der Waals surface area (Å²) in [4.78, 5) is 18.6. The molecular formula is C21H21N3O. The van der Waals surface area contributed by atoms with Crippen molar-refractivity contribution < 1.29 is 4.79 Å². The molecule has 126 valence electrons. The van der Waals surface area contributed by atoms with Crippen LogP contribution in [-0.2, 0) is 0 Å². The number of nitrogens with zero attached hydrogens (tertiary/aromatic N) is 3. The summed E-state index contributed by atoms with van der Waals surface area (Å²) in [5, 5.41) is 0. The van der Waals surface area contributed by atoms with Gasteiger partial charge in [-0.15, -0.1) is 0 Å². The Morgan fingerprint density at radius 3 is 2.28 bits per heavy atom. The Hall–Kier alpha value is -3.14. The zero-order valence-corrected chi connectivity index (χ0v) is 14.7. The predicted octanol–water partition coefficient (Wildman–Crippen LogP) is 4.14. The maximum atomic E-state index is 12.3. The molecule has 0 saturated carbocycles. The number of benzene rings is 2. The van der Waals surface area contributed by atoms with Crippen molar-refractivity contribution in [3.05, 3.63) is 84.0 Å². The lowest BCUT2D eigenvalue weighted by atomic mass is 10.1. The van der Waals surface area contributed by atoms with Crippen LogP contribution in [0.4, 0.5) is 5.69 Å². The summed E-state index contributed by atoms with van der Waals surface area (Å²) in [5.74, 6) is 0.908. The molecule has 4 heteroatoms. The van der Waals surface area contributed by atoms with E-state index in [2.05, 4.69) is 4.98 Å². The molecule has 2 aromatic carbocycles. The predicted molar refractivity (Wildman–Crippen MR) is 102 cm³/mol. The molecule has 3 aromatic rings. The Labute approximate surface area is 148 Å². The first-order valence-corrected chi connectivity index (χ1v) is 8.15. The van der Waals surface area contributed by atoms with Crippen LogP contribution < -0.4 is 4.90 Å². The van der Waals surface area contributed by atoms with Gasteiger partial charge in [0, 0.05) is 43.4 Å². The van der Waals surface area contributed by atoms with Gasteiger partial charge in [0.05, 0.1) is 0 Å². The highest BCUT2D eigenvalue weighted by Crippen LogP contribution is 2.15. The molecule has 0 aliphatic rings. The fourth-order valence-corrected chi connectivity index (χ4v) is 2.59. The lowest BCUT2D eigenvalue weighted by molar-refractivity contribution is 0.104. The maximum absolute atomic E-state index is 12.3. The van der Waals surface area contributed by atoms with E-state index in [9.17, 15) is 4.79 Å². The van der Waals surface area contributed by atoms with Crippen LogP contribution in [0.2, 0.25) is 0 Å². The summed E-state index contributed by atoms with van der Waals surface area (Å²) in [5.41, 5.74) is 3.80. The van der Waals surface area contributed by atoms with E-state index >= 15 is 0 Å². The molecule has 0 fully saturated rings. The third-order valence-electron chi connectivity index (χ3n) is 4.09. The minimum Gasteiger partial charge on any atom is -0.378 e. The van der Waals surface area contributed by atoms with Crippen molar-refractivity contribution in [1.82, 2.24) is 9.55 Å². The van der Waals surface area contributed by atoms with Crippen molar-refractivity contribution in [2.24, 2.45) is 0 Å². The lowest BCUT2D eigenvalue weighted by Crippen LogP contribution is -2.07. The van der Waals surface area contributed by atoms with Gasteiger partial charge in [-0.2, -0.15) is 0 Å². The highest BCUT2D eigenvalue weighted by Gasteiger charge is 2.04. The third-order valence-corrected chi connectivity index (χ3v) is 4.09. The SMILES string of the molecule is Cc1nccn1-c1ccc(C(=O)/C=C/c2ccc(N(C)C)cc2)cc1. The van der Waals surface area contributed by atoms with E-state index in [1.165, 1.54) is 0 Å². The van der Waals surface area contributed by atoms with Gasteiger partial charge in [0.1, 0.15) is 5.82 Å². The Balaban J connectivity index is 1.71. The van der Waals surface area contributed by atoms with Gasteiger partial charge in [-0.05, 0) is 55.0 Å². The van der Waals surface area contributed by atoms with Crippen molar-refractivity contribution in [2.45, 2.75) is 6.92 Å². The number of hydrogen-bond donors (Lipinski definition) is 0. The number of carbonyl (C=O) groups excluding carboxylic acids is 1. The second-order valence-corrected chi connectivity index (χ2v) is 6.07. The first kappa shape index (κ1) is 16.7. The Morgan fingerprint density at radius 1 is 1.04 bits per heavy atom. The van der Waals surface area contributed by atoms with Crippen molar-refractivity contribution in [1.29, 1.82) is 0 Å². The van der Waals surface area contributed by atoms with Crippen LogP contribution in [0, 0.1) is 6.92 Å². The van der Waals surface area contributed by atoms with E-state index in [4.69, 9.17) is 0 Å². The van der Waals surface area contributed by atoms with Crippen LogP contribution in [0.15, 0.2) is 67.0 Å². The van der Waals surface area contributed by atoms with E-state index in [-0.39, 0.29) is 5.78 Å². The van der Waals surface area contributed by atoms with Gasteiger partial charge in [0.2, 0.25) is 0 Å². The fourth-order valence-electron chi connectivity index (χ4n) is 2.59. The molecule has 0 amide bonds. The Kier molecular flexibility index (Phi) is 4.80.